The first-order valence-corrected chi connectivity index (χ1v) is 15.8. The molecule has 5 heteroatoms. The topological polar surface area (TPSA) is 32.8 Å². The second kappa shape index (κ2) is 10.8. The van der Waals surface area contributed by atoms with Crippen LogP contribution in [0.2, 0.25) is 18.1 Å². The normalized spacial score (nSPS) is 20.9. The molecule has 2 aromatic rings. The van der Waals surface area contributed by atoms with Crippen LogP contribution in [0, 0.1) is 0 Å². The van der Waals surface area contributed by atoms with E-state index in [-0.39, 0.29) is 16.9 Å². The van der Waals surface area contributed by atoms with Gasteiger partial charge in [-0.25, -0.2) is 0 Å². The standard InChI is InChI=1S/C30H44N2O2Si/c1-10-18-31-20-23(3)32(21-22(31)2)29(26-16-14-25(15-17-26)24(4)33)27-12-11-13-28(19-27)34-35(8,9)30(5,6)7/h10-17,19,22-23,29H,1,18,20-21H2,2-9H3/t22-,23+,29-/m1/s1. The number of rotatable bonds is 8. The lowest BCUT2D eigenvalue weighted by molar-refractivity contribution is 0.0306. The molecule has 1 heterocycles. The van der Waals surface area contributed by atoms with Gasteiger partial charge in [0.2, 0.25) is 8.32 Å². The molecular formula is C30H44N2O2Si. The van der Waals surface area contributed by atoms with E-state index in [1.54, 1.807) is 6.92 Å². The first kappa shape index (κ1) is 27.4. The summed E-state index contributed by atoms with van der Waals surface area (Å²) in [6.07, 6.45) is 2.00. The van der Waals surface area contributed by atoms with Gasteiger partial charge < -0.3 is 4.43 Å². The molecule has 2 aromatic carbocycles. The molecular weight excluding hydrogens is 448 g/mol. The molecule has 1 fully saturated rings. The molecule has 0 amide bonds. The molecule has 3 rings (SSSR count). The van der Waals surface area contributed by atoms with E-state index in [4.69, 9.17) is 4.43 Å². The van der Waals surface area contributed by atoms with Gasteiger partial charge >= 0.3 is 0 Å². The Morgan fingerprint density at radius 3 is 2.31 bits per heavy atom. The highest BCUT2D eigenvalue weighted by atomic mass is 28.4. The zero-order valence-electron chi connectivity index (χ0n) is 23.0. The maximum absolute atomic E-state index is 11.9. The minimum Gasteiger partial charge on any atom is -0.543 e. The molecule has 1 aliphatic rings. The van der Waals surface area contributed by atoms with Crippen LogP contribution in [0.4, 0.5) is 0 Å². The molecule has 0 bridgehead atoms. The van der Waals surface area contributed by atoms with Gasteiger partial charge in [-0.3, -0.25) is 14.6 Å². The monoisotopic (exact) mass is 492 g/mol. The SMILES string of the molecule is C=CCN1C[C@H](C)N([C@H](c2ccc(C(C)=O)cc2)c2cccc(O[Si](C)(C)C(C)(C)C)c2)C[C@H]1C. The third kappa shape index (κ3) is 6.32. The molecule has 0 aliphatic carbocycles. The van der Waals surface area contributed by atoms with Crippen LogP contribution in [0.25, 0.3) is 0 Å². The first-order valence-electron chi connectivity index (χ1n) is 12.8. The highest BCUT2D eigenvalue weighted by molar-refractivity contribution is 6.74. The van der Waals surface area contributed by atoms with E-state index in [0.29, 0.717) is 12.1 Å². The lowest BCUT2D eigenvalue weighted by atomic mass is 9.92. The van der Waals surface area contributed by atoms with Gasteiger partial charge in [0, 0.05) is 37.3 Å². The highest BCUT2D eigenvalue weighted by Gasteiger charge is 2.39. The molecule has 0 saturated carbocycles. The number of Topliss-reactive ketones (excluding diaryl/α,β-unsaturated/α-hetero) is 1. The largest absolute Gasteiger partial charge is 0.543 e. The molecule has 0 spiro atoms. The van der Waals surface area contributed by atoms with E-state index in [1.807, 2.05) is 18.2 Å². The average Bonchev–Trinajstić information content (AvgIpc) is 2.77. The number of hydrogen-bond donors (Lipinski definition) is 0. The van der Waals surface area contributed by atoms with E-state index in [9.17, 15) is 4.79 Å². The third-order valence-electron chi connectivity index (χ3n) is 7.84. The fourth-order valence-electron chi connectivity index (χ4n) is 4.68. The van der Waals surface area contributed by atoms with Gasteiger partial charge in [0.05, 0.1) is 6.04 Å². The van der Waals surface area contributed by atoms with Crippen molar-refractivity contribution in [1.29, 1.82) is 0 Å². The number of benzene rings is 2. The van der Waals surface area contributed by atoms with Crippen molar-refractivity contribution in [3.05, 3.63) is 77.9 Å². The number of hydrogen-bond acceptors (Lipinski definition) is 4. The molecule has 0 radical (unpaired) electrons. The molecule has 0 unspecified atom stereocenters. The zero-order valence-corrected chi connectivity index (χ0v) is 24.0. The average molecular weight is 493 g/mol. The zero-order chi connectivity index (χ0) is 26.0. The molecule has 4 nitrogen and oxygen atoms in total. The number of carbonyl (C=O) groups is 1. The summed E-state index contributed by atoms with van der Waals surface area (Å²) in [7, 11) is -1.95. The van der Waals surface area contributed by atoms with E-state index < -0.39 is 8.32 Å². The van der Waals surface area contributed by atoms with Crippen molar-refractivity contribution in [3.8, 4) is 5.75 Å². The maximum atomic E-state index is 11.9. The first-order chi connectivity index (χ1) is 16.3. The van der Waals surface area contributed by atoms with E-state index in [1.165, 1.54) is 11.1 Å². The summed E-state index contributed by atoms with van der Waals surface area (Å²) in [6, 6.07) is 17.7. The predicted molar refractivity (Wildman–Crippen MR) is 150 cm³/mol. The van der Waals surface area contributed by atoms with Crippen molar-refractivity contribution in [2.75, 3.05) is 19.6 Å². The van der Waals surface area contributed by atoms with Gasteiger partial charge in [0.15, 0.2) is 5.78 Å². The number of carbonyl (C=O) groups excluding carboxylic acids is 1. The summed E-state index contributed by atoms with van der Waals surface area (Å²) in [6.45, 7) is 24.5. The Kier molecular flexibility index (Phi) is 8.46. The Labute approximate surface area is 214 Å². The van der Waals surface area contributed by atoms with Crippen LogP contribution in [0.5, 0.6) is 5.75 Å². The van der Waals surface area contributed by atoms with Crippen molar-refractivity contribution >= 4 is 14.1 Å². The predicted octanol–water partition coefficient (Wildman–Crippen LogP) is 6.94. The Balaban J connectivity index is 2.02. The number of piperazine rings is 1. The van der Waals surface area contributed by atoms with Gasteiger partial charge in [-0.05, 0) is 62.2 Å². The van der Waals surface area contributed by atoms with Crippen LogP contribution in [0.3, 0.4) is 0 Å². The van der Waals surface area contributed by atoms with Crippen LogP contribution in [-0.2, 0) is 0 Å². The van der Waals surface area contributed by atoms with Crippen molar-refractivity contribution < 1.29 is 9.22 Å². The quantitative estimate of drug-likeness (QED) is 0.227. The molecule has 190 valence electrons. The molecule has 3 atom stereocenters. The van der Waals surface area contributed by atoms with Crippen molar-refractivity contribution in [3.63, 3.8) is 0 Å². The van der Waals surface area contributed by atoms with Gasteiger partial charge in [0.25, 0.3) is 0 Å². The smallest absolute Gasteiger partial charge is 0.250 e. The molecule has 0 N–H and O–H groups in total. The summed E-state index contributed by atoms with van der Waals surface area (Å²) in [4.78, 5) is 17.0. The van der Waals surface area contributed by atoms with E-state index in [0.717, 1.165) is 30.9 Å². The molecule has 0 aromatic heterocycles. The fraction of sp³-hybridized carbons (Fsp3) is 0.500. The van der Waals surface area contributed by atoms with E-state index in [2.05, 4.69) is 100 Å². The second-order valence-electron chi connectivity index (χ2n) is 11.7. The van der Waals surface area contributed by atoms with E-state index >= 15 is 0 Å². The Bertz CT molecular complexity index is 1030. The Morgan fingerprint density at radius 1 is 1.09 bits per heavy atom. The van der Waals surface area contributed by atoms with Crippen molar-refractivity contribution in [2.45, 2.75) is 77.8 Å². The molecule has 1 saturated heterocycles. The number of ketones is 1. The van der Waals surface area contributed by atoms with Gasteiger partial charge in [-0.2, -0.15) is 0 Å². The van der Waals surface area contributed by atoms with Crippen LogP contribution in [0.15, 0.2) is 61.2 Å². The summed E-state index contributed by atoms with van der Waals surface area (Å²) in [5, 5.41) is 0.135. The number of nitrogens with zero attached hydrogens (tertiary/aromatic N) is 2. The van der Waals surface area contributed by atoms with Gasteiger partial charge in [-0.15, -0.1) is 6.58 Å². The van der Waals surface area contributed by atoms with Gasteiger partial charge in [-0.1, -0.05) is 63.2 Å². The summed E-state index contributed by atoms with van der Waals surface area (Å²) in [5.41, 5.74) is 3.18. The summed E-state index contributed by atoms with van der Waals surface area (Å²) >= 11 is 0. The van der Waals surface area contributed by atoms with Crippen LogP contribution in [-0.4, -0.2) is 55.6 Å². The van der Waals surface area contributed by atoms with Gasteiger partial charge in [0.1, 0.15) is 5.75 Å². The maximum Gasteiger partial charge on any atom is 0.250 e. The second-order valence-corrected chi connectivity index (χ2v) is 16.4. The fourth-order valence-corrected chi connectivity index (χ4v) is 5.70. The molecule has 35 heavy (non-hydrogen) atoms. The van der Waals surface area contributed by atoms with Crippen LogP contribution < -0.4 is 4.43 Å². The van der Waals surface area contributed by atoms with Crippen LogP contribution in [0.1, 0.15) is 69.1 Å². The molecule has 1 aliphatic heterocycles. The minimum atomic E-state index is -1.95. The van der Waals surface area contributed by atoms with Crippen molar-refractivity contribution in [2.24, 2.45) is 0 Å². The lowest BCUT2D eigenvalue weighted by Gasteiger charge is -2.47. The minimum absolute atomic E-state index is 0.0855. The third-order valence-corrected chi connectivity index (χ3v) is 12.2. The lowest BCUT2D eigenvalue weighted by Crippen LogP contribution is -2.57. The summed E-state index contributed by atoms with van der Waals surface area (Å²) < 4.78 is 6.68. The summed E-state index contributed by atoms with van der Waals surface area (Å²) in [5.74, 6) is 1.04. The Hall–Kier alpha value is -2.21. The van der Waals surface area contributed by atoms with Crippen molar-refractivity contribution in [1.82, 2.24) is 9.80 Å². The van der Waals surface area contributed by atoms with Crippen LogP contribution >= 0.6 is 0 Å². The Morgan fingerprint density at radius 2 is 1.74 bits per heavy atom. The highest BCUT2D eigenvalue weighted by Crippen LogP contribution is 2.39.